The molecule has 0 spiro atoms. The molecule has 0 fully saturated rings. The lowest BCUT2D eigenvalue weighted by molar-refractivity contribution is -0.118. The Morgan fingerprint density at radius 2 is 1.48 bits per heavy atom. The Kier molecular flexibility index (Phi) is 6.80. The first-order chi connectivity index (χ1) is 11.0. The van der Waals surface area contributed by atoms with Gasteiger partial charge in [-0.2, -0.15) is 13.2 Å². The number of alkyl halides is 3. The van der Waals surface area contributed by atoms with Crippen molar-refractivity contribution in [2.45, 2.75) is 16.0 Å². The molecule has 0 saturated carbocycles. The zero-order chi connectivity index (χ0) is 16.5. The van der Waals surface area contributed by atoms with E-state index in [0.717, 1.165) is 9.79 Å². The molecule has 0 heterocycles. The molecule has 2 aromatic rings. The molecule has 0 saturated heterocycles. The summed E-state index contributed by atoms with van der Waals surface area (Å²) in [6.07, 6.45) is -2.69. The van der Waals surface area contributed by atoms with Gasteiger partial charge in [0.2, 0.25) is 0 Å². The van der Waals surface area contributed by atoms with Crippen molar-refractivity contribution >= 4 is 28.6 Å². The van der Waals surface area contributed by atoms with E-state index >= 15 is 0 Å². The minimum atomic E-state index is -4.30. The van der Waals surface area contributed by atoms with Crippen LogP contribution in [0.4, 0.5) is 13.2 Å². The highest BCUT2D eigenvalue weighted by atomic mass is 32.2. The van der Waals surface area contributed by atoms with E-state index in [1.165, 1.54) is 23.5 Å². The molecule has 2 rings (SSSR count). The van der Waals surface area contributed by atoms with Crippen molar-refractivity contribution in [1.82, 2.24) is 0 Å². The van der Waals surface area contributed by atoms with Gasteiger partial charge in [-0.15, -0.1) is 0 Å². The van der Waals surface area contributed by atoms with Gasteiger partial charge < -0.3 is 0 Å². The van der Waals surface area contributed by atoms with Gasteiger partial charge >= 0.3 is 6.18 Å². The maximum absolute atomic E-state index is 12.4. The van der Waals surface area contributed by atoms with E-state index in [2.05, 4.69) is 4.99 Å². The summed E-state index contributed by atoms with van der Waals surface area (Å²) in [5, 5.41) is 2.08. The Balaban J connectivity index is 2.06. The van der Waals surface area contributed by atoms with Crippen molar-refractivity contribution in [1.29, 1.82) is 0 Å². The Bertz CT molecular complexity index is 653. The number of benzene rings is 2. The molecule has 2 aromatic carbocycles. The number of halogens is 3. The van der Waals surface area contributed by atoms with Crippen LogP contribution in [0, 0.1) is 0 Å². The topological polar surface area (TPSA) is 12.4 Å². The molecule has 0 atom stereocenters. The van der Waals surface area contributed by atoms with E-state index in [0.29, 0.717) is 5.04 Å². The summed E-state index contributed by atoms with van der Waals surface area (Å²) in [5.74, 6) is 0. The Morgan fingerprint density at radius 3 is 2.04 bits per heavy atom. The molecule has 0 bridgehead atoms. The largest absolute Gasteiger partial charge is 0.407 e. The summed E-state index contributed by atoms with van der Waals surface area (Å²) in [6.45, 7) is -1.18. The fourth-order valence-electron chi connectivity index (χ4n) is 1.57. The zero-order valence-electron chi connectivity index (χ0n) is 12.0. The normalized spacial score (nSPS) is 12.7. The number of thioether (sulfide) groups is 2. The smallest absolute Gasteiger partial charge is 0.269 e. The fraction of sp³-hybridized carbons (Fsp3) is 0.118. The third-order valence-corrected chi connectivity index (χ3v) is 4.34. The zero-order valence-corrected chi connectivity index (χ0v) is 13.7. The van der Waals surface area contributed by atoms with Gasteiger partial charge in [0.1, 0.15) is 6.54 Å². The Labute approximate surface area is 141 Å². The Hall–Kier alpha value is -1.66. The number of hydrogen-bond acceptors (Lipinski definition) is 3. The maximum Gasteiger partial charge on any atom is 0.407 e. The van der Waals surface area contributed by atoms with Gasteiger partial charge in [0.25, 0.3) is 0 Å². The van der Waals surface area contributed by atoms with Crippen LogP contribution in [0.1, 0.15) is 0 Å². The van der Waals surface area contributed by atoms with Crippen LogP contribution in [0.25, 0.3) is 0 Å². The summed E-state index contributed by atoms with van der Waals surface area (Å²) in [4.78, 5) is 5.54. The number of rotatable bonds is 5. The second-order valence-electron chi connectivity index (χ2n) is 4.42. The van der Waals surface area contributed by atoms with Crippen LogP contribution in [0.3, 0.4) is 0 Å². The van der Waals surface area contributed by atoms with Crippen molar-refractivity contribution in [3.05, 3.63) is 72.1 Å². The Morgan fingerprint density at radius 1 is 0.913 bits per heavy atom. The molecule has 0 aliphatic rings. The molecule has 120 valence electrons. The molecule has 0 aliphatic heterocycles. The van der Waals surface area contributed by atoms with Crippen LogP contribution < -0.4 is 0 Å². The van der Waals surface area contributed by atoms with Gasteiger partial charge in [0.05, 0.1) is 5.04 Å². The standard InChI is InChI=1S/C17H14F3NS2/c18-17(19,20)13-21-16(23-15-9-5-2-6-10-15)11-12-22-14-7-3-1-4-8-14/h1-12H,13H2. The van der Waals surface area contributed by atoms with Crippen molar-refractivity contribution in [3.8, 4) is 0 Å². The summed E-state index contributed by atoms with van der Waals surface area (Å²) < 4.78 is 37.2. The highest BCUT2D eigenvalue weighted by Crippen LogP contribution is 2.24. The molecule has 6 heteroatoms. The summed E-state index contributed by atoms with van der Waals surface area (Å²) in [6, 6.07) is 18.8. The highest BCUT2D eigenvalue weighted by Gasteiger charge is 2.26. The molecule has 0 aromatic heterocycles. The minimum Gasteiger partial charge on any atom is -0.269 e. The van der Waals surface area contributed by atoms with Crippen LogP contribution in [0.15, 0.2) is 86.9 Å². The predicted octanol–water partition coefficient (Wildman–Crippen LogP) is 6.05. The van der Waals surface area contributed by atoms with Crippen molar-refractivity contribution in [2.24, 2.45) is 4.99 Å². The third kappa shape index (κ3) is 7.43. The van der Waals surface area contributed by atoms with Crippen LogP contribution in [-0.4, -0.2) is 17.8 Å². The molecule has 23 heavy (non-hydrogen) atoms. The predicted molar refractivity (Wildman–Crippen MR) is 92.1 cm³/mol. The van der Waals surface area contributed by atoms with Crippen molar-refractivity contribution in [3.63, 3.8) is 0 Å². The minimum absolute atomic E-state index is 0.331. The molecule has 0 amide bonds. The molecule has 0 N–H and O–H groups in total. The molecular weight excluding hydrogens is 339 g/mol. The lowest BCUT2D eigenvalue weighted by atomic mass is 10.4. The van der Waals surface area contributed by atoms with E-state index in [-0.39, 0.29) is 0 Å². The van der Waals surface area contributed by atoms with E-state index in [4.69, 9.17) is 0 Å². The molecule has 1 nitrogen and oxygen atoms in total. The first-order valence-corrected chi connectivity index (χ1v) is 8.45. The van der Waals surface area contributed by atoms with Gasteiger partial charge in [-0.25, -0.2) is 0 Å². The van der Waals surface area contributed by atoms with Crippen LogP contribution in [0.5, 0.6) is 0 Å². The summed E-state index contributed by atoms with van der Waals surface area (Å²) in [7, 11) is 0. The van der Waals surface area contributed by atoms with Crippen molar-refractivity contribution in [2.75, 3.05) is 6.54 Å². The molecule has 0 aliphatic carbocycles. The first kappa shape index (κ1) is 17.7. The summed E-state index contributed by atoms with van der Waals surface area (Å²) >= 11 is 2.65. The van der Waals surface area contributed by atoms with Gasteiger partial charge in [-0.05, 0) is 35.7 Å². The second-order valence-corrected chi connectivity index (χ2v) is 6.49. The van der Waals surface area contributed by atoms with Crippen molar-refractivity contribution < 1.29 is 13.2 Å². The fourth-order valence-corrected chi connectivity index (χ4v) is 3.12. The van der Waals surface area contributed by atoms with E-state index in [9.17, 15) is 13.2 Å². The monoisotopic (exact) mass is 353 g/mol. The van der Waals surface area contributed by atoms with Gasteiger partial charge in [-0.3, -0.25) is 4.99 Å². The molecular formula is C17H14F3NS2. The number of nitrogens with zero attached hydrogens (tertiary/aromatic N) is 1. The van der Waals surface area contributed by atoms with Crippen LogP contribution >= 0.6 is 23.5 Å². The SMILES string of the molecule is FC(F)(F)CN=C(C=CSc1ccccc1)Sc1ccccc1. The lowest BCUT2D eigenvalue weighted by Gasteiger charge is -2.05. The third-order valence-electron chi connectivity index (χ3n) is 2.54. The first-order valence-electron chi connectivity index (χ1n) is 6.75. The average molecular weight is 353 g/mol. The maximum atomic E-state index is 12.4. The van der Waals surface area contributed by atoms with Crippen LogP contribution in [0.2, 0.25) is 0 Å². The second kappa shape index (κ2) is 8.84. The van der Waals surface area contributed by atoms with Crippen LogP contribution in [-0.2, 0) is 0 Å². The van der Waals surface area contributed by atoms with E-state index in [1.807, 2.05) is 60.7 Å². The van der Waals surface area contributed by atoms with E-state index in [1.54, 1.807) is 11.5 Å². The lowest BCUT2D eigenvalue weighted by Crippen LogP contribution is -2.12. The van der Waals surface area contributed by atoms with Gasteiger partial charge in [-0.1, -0.05) is 59.9 Å². The quantitative estimate of drug-likeness (QED) is 0.369. The van der Waals surface area contributed by atoms with Gasteiger partial charge in [0, 0.05) is 9.79 Å². The average Bonchev–Trinajstić information content (AvgIpc) is 2.54. The number of hydrogen-bond donors (Lipinski definition) is 0. The number of aliphatic imine (C=N–C) groups is 1. The molecule has 0 radical (unpaired) electrons. The van der Waals surface area contributed by atoms with E-state index < -0.39 is 12.7 Å². The highest BCUT2D eigenvalue weighted by molar-refractivity contribution is 8.14. The summed E-state index contributed by atoms with van der Waals surface area (Å²) in [5.41, 5.74) is 0. The van der Waals surface area contributed by atoms with Gasteiger partial charge in [0.15, 0.2) is 0 Å². The molecule has 0 unspecified atom stereocenters.